The molecule has 2 rings (SSSR count). The van der Waals surface area contributed by atoms with E-state index in [1.54, 1.807) is 7.05 Å². The van der Waals surface area contributed by atoms with Gasteiger partial charge in [0.05, 0.1) is 12.7 Å². The summed E-state index contributed by atoms with van der Waals surface area (Å²) in [5.41, 5.74) is 0.355. The zero-order valence-electron chi connectivity index (χ0n) is 15.9. The van der Waals surface area contributed by atoms with Gasteiger partial charge in [-0.15, -0.1) is 0 Å². The van der Waals surface area contributed by atoms with E-state index in [-0.39, 0.29) is 6.10 Å². The lowest BCUT2D eigenvalue weighted by atomic mass is 10.1. The predicted molar refractivity (Wildman–Crippen MR) is 100 cm³/mol. The van der Waals surface area contributed by atoms with E-state index in [2.05, 4.69) is 34.4 Å². The van der Waals surface area contributed by atoms with Crippen LogP contribution in [-0.2, 0) is 11.2 Å². The van der Waals surface area contributed by atoms with E-state index in [4.69, 9.17) is 4.74 Å². The minimum Gasteiger partial charge on any atom is -0.374 e. The van der Waals surface area contributed by atoms with Crippen LogP contribution in [0.1, 0.15) is 19.4 Å². The lowest BCUT2D eigenvalue weighted by Crippen LogP contribution is -2.50. The van der Waals surface area contributed by atoms with E-state index in [1.807, 2.05) is 0 Å². The van der Waals surface area contributed by atoms with Crippen LogP contribution >= 0.6 is 0 Å². The highest BCUT2D eigenvalue weighted by atomic mass is 19.1. The molecule has 5 nitrogen and oxygen atoms in total. The number of aliphatic imine (C=N–C) groups is 1. The molecule has 2 N–H and O–H groups in total. The third-order valence-electron chi connectivity index (χ3n) is 4.26. The summed E-state index contributed by atoms with van der Waals surface area (Å²) in [5.74, 6) is 0.451. The Morgan fingerprint density at radius 1 is 1.35 bits per heavy atom. The zero-order valence-corrected chi connectivity index (χ0v) is 15.9. The van der Waals surface area contributed by atoms with Crippen LogP contribution in [0.4, 0.5) is 8.78 Å². The number of hydrogen-bond donors (Lipinski definition) is 2. The Hall–Kier alpha value is -1.73. The molecule has 0 radical (unpaired) electrons. The number of morpholine rings is 1. The average Bonchev–Trinajstić information content (AvgIpc) is 2.60. The van der Waals surface area contributed by atoms with Gasteiger partial charge in [-0.25, -0.2) is 8.78 Å². The molecular formula is C19H30F2N4O. The van der Waals surface area contributed by atoms with E-state index in [0.29, 0.717) is 37.0 Å². The van der Waals surface area contributed by atoms with E-state index < -0.39 is 11.6 Å². The van der Waals surface area contributed by atoms with Gasteiger partial charge in [0.25, 0.3) is 0 Å². The topological polar surface area (TPSA) is 48.9 Å². The summed E-state index contributed by atoms with van der Waals surface area (Å²) in [6.07, 6.45) is 0.494. The fourth-order valence-corrected chi connectivity index (χ4v) is 3.07. The van der Waals surface area contributed by atoms with Crippen LogP contribution in [0.3, 0.4) is 0 Å². The second kappa shape index (κ2) is 10.4. The second-order valence-corrected chi connectivity index (χ2v) is 7.01. The molecule has 26 heavy (non-hydrogen) atoms. The first kappa shape index (κ1) is 20.6. The molecule has 7 heteroatoms. The highest BCUT2D eigenvalue weighted by Crippen LogP contribution is 2.10. The Labute approximate surface area is 154 Å². The molecule has 1 unspecified atom stereocenters. The smallest absolute Gasteiger partial charge is 0.191 e. The maximum Gasteiger partial charge on any atom is 0.191 e. The van der Waals surface area contributed by atoms with Crippen LogP contribution in [0.15, 0.2) is 23.2 Å². The molecule has 1 aliphatic rings. The van der Waals surface area contributed by atoms with Crippen molar-refractivity contribution in [2.24, 2.45) is 10.9 Å². The van der Waals surface area contributed by atoms with Gasteiger partial charge in [0.2, 0.25) is 0 Å². The molecule has 1 aromatic carbocycles. The molecule has 0 aromatic heterocycles. The average molecular weight is 368 g/mol. The van der Waals surface area contributed by atoms with Crippen molar-refractivity contribution in [3.05, 3.63) is 35.4 Å². The molecule has 0 saturated carbocycles. The largest absolute Gasteiger partial charge is 0.374 e. The van der Waals surface area contributed by atoms with Crippen molar-refractivity contribution in [3.63, 3.8) is 0 Å². The SMILES string of the molecule is CN=C(NCCc1cc(F)ccc1F)NCC1CN(CC(C)C)CCO1. The van der Waals surface area contributed by atoms with Crippen molar-refractivity contribution in [2.45, 2.75) is 26.4 Å². The van der Waals surface area contributed by atoms with Crippen LogP contribution in [0.25, 0.3) is 0 Å². The third kappa shape index (κ3) is 6.88. The molecule has 146 valence electrons. The van der Waals surface area contributed by atoms with Gasteiger partial charge in [0, 0.05) is 39.8 Å². The maximum atomic E-state index is 13.6. The van der Waals surface area contributed by atoms with Gasteiger partial charge in [-0.1, -0.05) is 13.8 Å². The molecule has 1 aliphatic heterocycles. The highest BCUT2D eigenvalue weighted by Gasteiger charge is 2.21. The lowest BCUT2D eigenvalue weighted by molar-refractivity contribution is -0.0284. The molecule has 0 bridgehead atoms. The van der Waals surface area contributed by atoms with Crippen molar-refractivity contribution < 1.29 is 13.5 Å². The van der Waals surface area contributed by atoms with Gasteiger partial charge >= 0.3 is 0 Å². The van der Waals surface area contributed by atoms with Crippen molar-refractivity contribution in [2.75, 3.05) is 46.4 Å². The summed E-state index contributed by atoms with van der Waals surface area (Å²) < 4.78 is 32.6. The standard InChI is InChI=1S/C19H30F2N4O/c1-14(2)12-25-8-9-26-17(13-25)11-24-19(22-3)23-7-6-15-10-16(20)4-5-18(15)21/h4-5,10,14,17H,6-9,11-13H2,1-3H3,(H2,22,23,24). The minimum atomic E-state index is -0.427. The molecule has 1 atom stereocenters. The van der Waals surface area contributed by atoms with Crippen molar-refractivity contribution in [1.82, 2.24) is 15.5 Å². The first-order valence-corrected chi connectivity index (χ1v) is 9.20. The number of rotatable bonds is 7. The van der Waals surface area contributed by atoms with Gasteiger partial charge in [-0.3, -0.25) is 9.89 Å². The Morgan fingerprint density at radius 3 is 2.88 bits per heavy atom. The van der Waals surface area contributed by atoms with Crippen LogP contribution in [0, 0.1) is 17.6 Å². The number of nitrogens with zero attached hydrogens (tertiary/aromatic N) is 2. The monoisotopic (exact) mass is 368 g/mol. The summed E-state index contributed by atoms with van der Waals surface area (Å²) in [5, 5.41) is 6.37. The Kier molecular flexibility index (Phi) is 8.25. The summed E-state index contributed by atoms with van der Waals surface area (Å²) >= 11 is 0. The van der Waals surface area contributed by atoms with E-state index >= 15 is 0 Å². The number of hydrogen-bond acceptors (Lipinski definition) is 3. The molecular weight excluding hydrogens is 338 g/mol. The summed E-state index contributed by atoms with van der Waals surface area (Å²) in [6, 6.07) is 3.51. The fraction of sp³-hybridized carbons (Fsp3) is 0.632. The molecule has 0 spiro atoms. The number of benzene rings is 1. The molecule has 1 saturated heterocycles. The van der Waals surface area contributed by atoms with Gasteiger partial charge in [-0.05, 0) is 36.1 Å². The lowest BCUT2D eigenvalue weighted by Gasteiger charge is -2.34. The number of guanidine groups is 1. The summed E-state index contributed by atoms with van der Waals surface area (Å²) in [4.78, 5) is 6.59. The van der Waals surface area contributed by atoms with Crippen LogP contribution in [0.5, 0.6) is 0 Å². The minimum absolute atomic E-state index is 0.113. The number of ether oxygens (including phenoxy) is 1. The molecule has 1 aromatic rings. The Bertz CT molecular complexity index is 595. The van der Waals surface area contributed by atoms with Crippen LogP contribution < -0.4 is 10.6 Å². The molecule has 0 amide bonds. The van der Waals surface area contributed by atoms with E-state index in [1.165, 1.54) is 6.07 Å². The van der Waals surface area contributed by atoms with Gasteiger partial charge < -0.3 is 15.4 Å². The quantitative estimate of drug-likeness (QED) is 0.571. The van der Waals surface area contributed by atoms with Crippen LogP contribution in [0.2, 0.25) is 0 Å². The number of nitrogens with one attached hydrogen (secondary N) is 2. The maximum absolute atomic E-state index is 13.6. The van der Waals surface area contributed by atoms with Gasteiger partial charge in [0.15, 0.2) is 5.96 Å². The van der Waals surface area contributed by atoms with Crippen molar-refractivity contribution in [3.8, 4) is 0 Å². The predicted octanol–water partition coefficient (Wildman–Crippen LogP) is 2.03. The van der Waals surface area contributed by atoms with Gasteiger partial charge in [-0.2, -0.15) is 0 Å². The Morgan fingerprint density at radius 2 is 2.15 bits per heavy atom. The Balaban J connectivity index is 1.73. The van der Waals surface area contributed by atoms with Crippen molar-refractivity contribution in [1.29, 1.82) is 0 Å². The zero-order chi connectivity index (χ0) is 18.9. The molecule has 1 heterocycles. The number of halogens is 2. The summed E-state index contributed by atoms with van der Waals surface area (Å²) in [6.45, 7) is 9.24. The first-order valence-electron chi connectivity index (χ1n) is 9.20. The van der Waals surface area contributed by atoms with E-state index in [9.17, 15) is 8.78 Å². The third-order valence-corrected chi connectivity index (χ3v) is 4.26. The van der Waals surface area contributed by atoms with Crippen LogP contribution in [-0.4, -0.2) is 63.3 Å². The molecule has 1 fully saturated rings. The fourth-order valence-electron chi connectivity index (χ4n) is 3.07. The van der Waals surface area contributed by atoms with Gasteiger partial charge in [0.1, 0.15) is 11.6 Å². The highest BCUT2D eigenvalue weighted by molar-refractivity contribution is 5.79. The van der Waals surface area contributed by atoms with Crippen molar-refractivity contribution >= 4 is 5.96 Å². The second-order valence-electron chi connectivity index (χ2n) is 7.01. The summed E-state index contributed by atoms with van der Waals surface area (Å²) in [7, 11) is 1.69. The normalized spacial score (nSPS) is 19.0. The molecule has 0 aliphatic carbocycles. The first-order chi connectivity index (χ1) is 12.5. The van der Waals surface area contributed by atoms with E-state index in [0.717, 1.165) is 38.4 Å².